The molecule has 1 aliphatic carbocycles. The second-order valence-corrected chi connectivity index (χ2v) is 5.92. The second-order valence-electron chi connectivity index (χ2n) is 5.92. The average Bonchev–Trinajstić information content (AvgIpc) is 2.57. The van der Waals surface area contributed by atoms with E-state index in [1.165, 1.54) is 6.42 Å². The van der Waals surface area contributed by atoms with Crippen LogP contribution in [0.15, 0.2) is 18.2 Å². The van der Waals surface area contributed by atoms with Crippen molar-refractivity contribution in [2.75, 3.05) is 11.1 Å². The number of primary amides is 1. The van der Waals surface area contributed by atoms with Crippen molar-refractivity contribution in [1.29, 1.82) is 0 Å². The maximum atomic E-state index is 11.4. The van der Waals surface area contributed by atoms with E-state index in [1.54, 1.807) is 18.2 Å². The van der Waals surface area contributed by atoms with Gasteiger partial charge in [-0.1, -0.05) is 13.8 Å². The van der Waals surface area contributed by atoms with Crippen LogP contribution in [0.25, 0.3) is 0 Å². The zero-order valence-electron chi connectivity index (χ0n) is 11.0. The molecule has 1 unspecified atom stereocenters. The topological polar surface area (TPSA) is 81.1 Å². The molecule has 1 atom stereocenters. The maximum absolute atomic E-state index is 11.4. The van der Waals surface area contributed by atoms with Crippen LogP contribution >= 0.6 is 0 Å². The van der Waals surface area contributed by atoms with Gasteiger partial charge in [0.15, 0.2) is 0 Å². The van der Waals surface area contributed by atoms with Crippen molar-refractivity contribution in [1.82, 2.24) is 0 Å². The van der Waals surface area contributed by atoms with Crippen molar-refractivity contribution in [3.63, 3.8) is 0 Å². The number of nitrogens with two attached hydrogens (primary N) is 2. The van der Waals surface area contributed by atoms with Crippen LogP contribution in [-0.2, 0) is 0 Å². The summed E-state index contributed by atoms with van der Waals surface area (Å²) in [5.41, 5.74) is 13.4. The van der Waals surface area contributed by atoms with Crippen molar-refractivity contribution in [3.05, 3.63) is 23.8 Å². The predicted octanol–water partition coefficient (Wildman–Crippen LogP) is 2.36. The Morgan fingerprint density at radius 1 is 1.44 bits per heavy atom. The SMILES string of the molecule is CC1(C)CCC(Nc2cc(N)ccc2C(N)=O)C1. The third kappa shape index (κ3) is 2.75. The van der Waals surface area contributed by atoms with E-state index in [-0.39, 0.29) is 0 Å². The van der Waals surface area contributed by atoms with Crippen molar-refractivity contribution in [2.24, 2.45) is 11.1 Å². The van der Waals surface area contributed by atoms with Gasteiger partial charge in [0, 0.05) is 17.4 Å². The van der Waals surface area contributed by atoms with Crippen LogP contribution in [0.3, 0.4) is 0 Å². The van der Waals surface area contributed by atoms with E-state index < -0.39 is 5.91 Å². The van der Waals surface area contributed by atoms with Crippen LogP contribution in [0.1, 0.15) is 43.5 Å². The minimum absolute atomic E-state index is 0.366. The summed E-state index contributed by atoms with van der Waals surface area (Å²) in [5, 5.41) is 3.41. The Morgan fingerprint density at radius 3 is 2.72 bits per heavy atom. The Morgan fingerprint density at radius 2 is 2.17 bits per heavy atom. The van der Waals surface area contributed by atoms with Gasteiger partial charge in [0.05, 0.1) is 5.56 Å². The highest BCUT2D eigenvalue weighted by Gasteiger charge is 2.31. The van der Waals surface area contributed by atoms with E-state index in [0.29, 0.717) is 22.7 Å². The summed E-state index contributed by atoms with van der Waals surface area (Å²) < 4.78 is 0. The van der Waals surface area contributed by atoms with Gasteiger partial charge in [-0.15, -0.1) is 0 Å². The third-order valence-corrected chi connectivity index (χ3v) is 3.64. The van der Waals surface area contributed by atoms with Gasteiger partial charge in [-0.25, -0.2) is 0 Å². The van der Waals surface area contributed by atoms with Crippen molar-refractivity contribution < 1.29 is 4.79 Å². The fraction of sp³-hybridized carbons (Fsp3) is 0.500. The molecule has 0 aliphatic heterocycles. The molecule has 1 saturated carbocycles. The molecule has 0 radical (unpaired) electrons. The smallest absolute Gasteiger partial charge is 0.250 e. The molecule has 2 rings (SSSR count). The molecule has 0 aromatic heterocycles. The molecule has 0 saturated heterocycles. The molecule has 5 N–H and O–H groups in total. The van der Waals surface area contributed by atoms with E-state index in [0.717, 1.165) is 18.5 Å². The lowest BCUT2D eigenvalue weighted by atomic mass is 9.92. The molecule has 18 heavy (non-hydrogen) atoms. The highest BCUT2D eigenvalue weighted by molar-refractivity contribution is 5.99. The second kappa shape index (κ2) is 4.52. The number of rotatable bonds is 3. The normalized spacial score (nSPS) is 21.8. The zero-order chi connectivity index (χ0) is 13.3. The molecule has 98 valence electrons. The van der Waals surface area contributed by atoms with E-state index in [2.05, 4.69) is 19.2 Å². The van der Waals surface area contributed by atoms with Crippen LogP contribution in [0.5, 0.6) is 0 Å². The predicted molar refractivity (Wildman–Crippen MR) is 74.4 cm³/mol. The number of nitrogen functional groups attached to an aromatic ring is 1. The van der Waals surface area contributed by atoms with E-state index in [4.69, 9.17) is 11.5 Å². The molecule has 4 heteroatoms. The van der Waals surface area contributed by atoms with Crippen LogP contribution in [0.2, 0.25) is 0 Å². The number of hydrogen-bond donors (Lipinski definition) is 3. The number of hydrogen-bond acceptors (Lipinski definition) is 3. The summed E-state index contributed by atoms with van der Waals surface area (Å²) in [6, 6.07) is 5.55. The van der Waals surface area contributed by atoms with E-state index in [1.807, 2.05) is 0 Å². The Balaban J connectivity index is 2.18. The fourth-order valence-corrected chi connectivity index (χ4v) is 2.68. The van der Waals surface area contributed by atoms with Crippen LogP contribution in [-0.4, -0.2) is 11.9 Å². The largest absolute Gasteiger partial charge is 0.399 e. The first-order valence-electron chi connectivity index (χ1n) is 6.33. The molecular weight excluding hydrogens is 226 g/mol. The highest BCUT2D eigenvalue weighted by Crippen LogP contribution is 2.38. The van der Waals surface area contributed by atoms with Gasteiger partial charge >= 0.3 is 0 Å². The molecule has 1 aromatic carbocycles. The first-order chi connectivity index (χ1) is 8.37. The van der Waals surface area contributed by atoms with Gasteiger partial charge in [-0.2, -0.15) is 0 Å². The molecular formula is C14H21N3O. The monoisotopic (exact) mass is 247 g/mol. The lowest BCUT2D eigenvalue weighted by Crippen LogP contribution is -2.21. The minimum Gasteiger partial charge on any atom is -0.399 e. The fourth-order valence-electron chi connectivity index (χ4n) is 2.68. The lowest BCUT2D eigenvalue weighted by molar-refractivity contribution is 0.100. The quantitative estimate of drug-likeness (QED) is 0.717. The summed E-state index contributed by atoms with van der Waals surface area (Å²) in [7, 11) is 0. The highest BCUT2D eigenvalue weighted by atomic mass is 16.1. The van der Waals surface area contributed by atoms with Gasteiger partial charge in [-0.3, -0.25) is 4.79 Å². The van der Waals surface area contributed by atoms with E-state index in [9.17, 15) is 4.79 Å². The number of anilines is 2. The van der Waals surface area contributed by atoms with Gasteiger partial charge in [-0.05, 0) is 42.9 Å². The number of carbonyl (C=O) groups excluding carboxylic acids is 1. The van der Waals surface area contributed by atoms with Gasteiger partial charge in [0.25, 0.3) is 5.91 Å². The first kappa shape index (κ1) is 12.7. The summed E-state index contributed by atoms with van der Waals surface area (Å²) in [6.45, 7) is 4.53. The number of amides is 1. The Kier molecular flexibility index (Phi) is 3.20. The van der Waals surface area contributed by atoms with Crippen molar-refractivity contribution in [2.45, 2.75) is 39.2 Å². The molecule has 0 heterocycles. The molecule has 0 bridgehead atoms. The summed E-state index contributed by atoms with van der Waals surface area (Å²) >= 11 is 0. The molecule has 0 spiro atoms. The van der Waals surface area contributed by atoms with Crippen molar-refractivity contribution >= 4 is 17.3 Å². The molecule has 1 amide bonds. The maximum Gasteiger partial charge on any atom is 0.250 e. The molecule has 4 nitrogen and oxygen atoms in total. The first-order valence-corrected chi connectivity index (χ1v) is 6.33. The third-order valence-electron chi connectivity index (χ3n) is 3.64. The molecule has 1 aromatic rings. The summed E-state index contributed by atoms with van der Waals surface area (Å²) in [5.74, 6) is -0.422. The summed E-state index contributed by atoms with van der Waals surface area (Å²) in [6.07, 6.45) is 3.40. The van der Waals surface area contributed by atoms with Crippen molar-refractivity contribution in [3.8, 4) is 0 Å². The standard InChI is InChI=1S/C14H21N3O/c1-14(2)6-5-10(8-14)17-12-7-9(15)3-4-11(12)13(16)18/h3-4,7,10,17H,5-6,8,15H2,1-2H3,(H2,16,18). The van der Waals surface area contributed by atoms with E-state index >= 15 is 0 Å². The van der Waals surface area contributed by atoms with Gasteiger partial charge in [0.1, 0.15) is 0 Å². The van der Waals surface area contributed by atoms with Crippen LogP contribution in [0.4, 0.5) is 11.4 Å². The minimum atomic E-state index is -0.422. The molecule has 1 aliphatic rings. The van der Waals surface area contributed by atoms with Crippen LogP contribution in [0, 0.1) is 5.41 Å². The number of benzene rings is 1. The Labute approximate surface area is 108 Å². The average molecular weight is 247 g/mol. The molecule has 1 fully saturated rings. The number of nitrogens with one attached hydrogen (secondary N) is 1. The number of carbonyl (C=O) groups is 1. The zero-order valence-corrected chi connectivity index (χ0v) is 11.0. The summed E-state index contributed by atoms with van der Waals surface area (Å²) in [4.78, 5) is 11.4. The Hall–Kier alpha value is -1.71. The van der Waals surface area contributed by atoms with Crippen LogP contribution < -0.4 is 16.8 Å². The van der Waals surface area contributed by atoms with Gasteiger partial charge in [0.2, 0.25) is 0 Å². The Bertz CT molecular complexity index is 468. The lowest BCUT2D eigenvalue weighted by Gasteiger charge is -2.20. The van der Waals surface area contributed by atoms with Gasteiger partial charge < -0.3 is 16.8 Å².